The minimum absolute atomic E-state index is 0.234. The summed E-state index contributed by atoms with van der Waals surface area (Å²) >= 11 is 0. The molecular formula is C19H25N3O4. The van der Waals surface area contributed by atoms with Gasteiger partial charge >= 0.3 is 6.09 Å². The number of hydrogen-bond acceptors (Lipinski definition) is 5. The summed E-state index contributed by atoms with van der Waals surface area (Å²) in [6, 6.07) is 7.13. The molecule has 1 unspecified atom stereocenters. The molecule has 26 heavy (non-hydrogen) atoms. The van der Waals surface area contributed by atoms with Crippen LogP contribution in [-0.4, -0.2) is 36.1 Å². The molecule has 7 heteroatoms. The lowest BCUT2D eigenvalue weighted by molar-refractivity contribution is -0.133. The van der Waals surface area contributed by atoms with Gasteiger partial charge in [-0.2, -0.15) is 0 Å². The van der Waals surface area contributed by atoms with Crippen molar-refractivity contribution in [2.45, 2.75) is 45.3 Å². The van der Waals surface area contributed by atoms with Crippen molar-refractivity contribution in [2.24, 2.45) is 0 Å². The van der Waals surface area contributed by atoms with Crippen LogP contribution in [0.1, 0.15) is 39.2 Å². The van der Waals surface area contributed by atoms with Gasteiger partial charge in [-0.1, -0.05) is 24.3 Å². The number of alkyl carbamates (subject to hydrolysis) is 1. The van der Waals surface area contributed by atoms with E-state index in [0.717, 1.165) is 11.3 Å². The van der Waals surface area contributed by atoms with Crippen molar-refractivity contribution in [1.29, 1.82) is 0 Å². The van der Waals surface area contributed by atoms with E-state index in [2.05, 4.69) is 16.0 Å². The van der Waals surface area contributed by atoms with Gasteiger partial charge in [0.1, 0.15) is 11.6 Å². The summed E-state index contributed by atoms with van der Waals surface area (Å²) in [4.78, 5) is 34.6. The van der Waals surface area contributed by atoms with Crippen molar-refractivity contribution in [1.82, 2.24) is 10.6 Å². The number of piperidine rings is 1. The second-order valence-electron chi connectivity index (χ2n) is 7.06. The summed E-state index contributed by atoms with van der Waals surface area (Å²) in [5, 5.41) is 8.12. The number of nitrogens with one attached hydrogen (secondary N) is 3. The topological polar surface area (TPSA) is 96.5 Å². The van der Waals surface area contributed by atoms with Gasteiger partial charge in [-0.05, 0) is 44.9 Å². The van der Waals surface area contributed by atoms with Gasteiger partial charge < -0.3 is 15.4 Å². The zero-order valence-corrected chi connectivity index (χ0v) is 15.3. The number of ether oxygens (including phenoxy) is 1. The van der Waals surface area contributed by atoms with Crippen LogP contribution in [0, 0.1) is 0 Å². The van der Waals surface area contributed by atoms with E-state index in [1.54, 1.807) is 0 Å². The number of benzene rings is 1. The highest BCUT2D eigenvalue weighted by Crippen LogP contribution is 2.16. The molecule has 3 amide bonds. The number of amides is 3. The van der Waals surface area contributed by atoms with Gasteiger partial charge in [0.05, 0.1) is 0 Å². The van der Waals surface area contributed by atoms with Crippen LogP contribution in [0.4, 0.5) is 10.5 Å². The first kappa shape index (κ1) is 19.5. The first-order valence-corrected chi connectivity index (χ1v) is 8.56. The van der Waals surface area contributed by atoms with Crippen LogP contribution in [0.3, 0.4) is 0 Å². The maximum absolute atomic E-state index is 11.8. The fourth-order valence-electron chi connectivity index (χ4n) is 2.42. The third-order valence-electron chi connectivity index (χ3n) is 3.54. The Hall–Kier alpha value is -2.83. The molecule has 1 aliphatic rings. The summed E-state index contributed by atoms with van der Waals surface area (Å²) < 4.78 is 5.16. The normalized spacial score (nSPS) is 17.7. The van der Waals surface area contributed by atoms with E-state index >= 15 is 0 Å². The Morgan fingerprint density at radius 2 is 2.12 bits per heavy atom. The number of carbonyl (C=O) groups excluding carboxylic acids is 3. The van der Waals surface area contributed by atoms with Crippen molar-refractivity contribution in [3.63, 3.8) is 0 Å². The third-order valence-corrected chi connectivity index (χ3v) is 3.54. The molecule has 0 aliphatic carbocycles. The van der Waals surface area contributed by atoms with E-state index in [-0.39, 0.29) is 11.8 Å². The Kier molecular flexibility index (Phi) is 6.38. The lowest BCUT2D eigenvalue weighted by Gasteiger charge is -2.22. The second-order valence-corrected chi connectivity index (χ2v) is 7.06. The van der Waals surface area contributed by atoms with E-state index in [1.165, 1.54) is 0 Å². The number of imide groups is 1. The zero-order chi connectivity index (χ0) is 19.2. The van der Waals surface area contributed by atoms with Crippen LogP contribution in [0.25, 0.3) is 6.08 Å². The summed E-state index contributed by atoms with van der Waals surface area (Å²) in [5.74, 6) is -0.536. The van der Waals surface area contributed by atoms with E-state index in [4.69, 9.17) is 4.74 Å². The van der Waals surface area contributed by atoms with Gasteiger partial charge in [-0.25, -0.2) is 4.79 Å². The van der Waals surface area contributed by atoms with Gasteiger partial charge in [0, 0.05) is 18.7 Å². The molecule has 2 rings (SSSR count). The lowest BCUT2D eigenvalue weighted by Crippen LogP contribution is -2.47. The summed E-state index contributed by atoms with van der Waals surface area (Å²) in [5.41, 5.74) is 1.19. The van der Waals surface area contributed by atoms with E-state index < -0.39 is 17.7 Å². The predicted molar refractivity (Wildman–Crippen MR) is 99.5 cm³/mol. The molecule has 7 nitrogen and oxygen atoms in total. The third kappa shape index (κ3) is 6.58. The Bertz CT molecular complexity index is 707. The quantitative estimate of drug-likeness (QED) is 0.702. The van der Waals surface area contributed by atoms with Gasteiger partial charge in [0.2, 0.25) is 11.8 Å². The van der Waals surface area contributed by atoms with Gasteiger partial charge in [0.25, 0.3) is 0 Å². The molecule has 1 heterocycles. The van der Waals surface area contributed by atoms with Crippen LogP contribution >= 0.6 is 0 Å². The largest absolute Gasteiger partial charge is 0.444 e. The lowest BCUT2D eigenvalue weighted by atomic mass is 10.1. The highest BCUT2D eigenvalue weighted by Gasteiger charge is 2.26. The maximum Gasteiger partial charge on any atom is 0.407 e. The molecule has 1 aromatic rings. The summed E-state index contributed by atoms with van der Waals surface area (Å²) in [6.45, 7) is 5.77. The van der Waals surface area contributed by atoms with Crippen molar-refractivity contribution in [2.75, 3.05) is 11.9 Å². The first-order valence-electron chi connectivity index (χ1n) is 8.56. The number of hydrogen-bond donors (Lipinski definition) is 3. The second kappa shape index (κ2) is 8.51. The molecular weight excluding hydrogens is 334 g/mol. The fourth-order valence-corrected chi connectivity index (χ4v) is 2.42. The average molecular weight is 359 g/mol. The smallest absolute Gasteiger partial charge is 0.407 e. The van der Waals surface area contributed by atoms with Crippen LogP contribution in [0.2, 0.25) is 0 Å². The van der Waals surface area contributed by atoms with Crippen LogP contribution in [0.5, 0.6) is 0 Å². The Labute approximate surface area is 153 Å². The number of carbonyl (C=O) groups is 3. The van der Waals surface area contributed by atoms with Crippen LogP contribution in [-0.2, 0) is 14.3 Å². The molecule has 1 aliphatic heterocycles. The fraction of sp³-hybridized carbons (Fsp3) is 0.421. The molecule has 0 spiro atoms. The average Bonchev–Trinajstić information content (AvgIpc) is 2.53. The summed E-state index contributed by atoms with van der Waals surface area (Å²) in [6.07, 6.45) is 4.03. The molecule has 1 saturated heterocycles. The molecule has 0 radical (unpaired) electrons. The molecule has 0 bridgehead atoms. The number of anilines is 1. The predicted octanol–water partition coefficient (Wildman–Crippen LogP) is 2.44. The molecule has 0 saturated carbocycles. The monoisotopic (exact) mass is 359 g/mol. The minimum atomic E-state index is -0.524. The van der Waals surface area contributed by atoms with E-state index in [0.29, 0.717) is 19.4 Å². The van der Waals surface area contributed by atoms with E-state index in [1.807, 2.05) is 57.2 Å². The molecule has 0 aromatic heterocycles. The van der Waals surface area contributed by atoms with Gasteiger partial charge in [0.15, 0.2) is 0 Å². The van der Waals surface area contributed by atoms with E-state index in [9.17, 15) is 14.4 Å². The zero-order valence-electron chi connectivity index (χ0n) is 15.3. The van der Waals surface area contributed by atoms with Crippen molar-refractivity contribution < 1.29 is 19.1 Å². The Morgan fingerprint density at radius 3 is 2.81 bits per heavy atom. The molecule has 1 atom stereocenters. The first-order chi connectivity index (χ1) is 12.2. The van der Waals surface area contributed by atoms with Gasteiger partial charge in [-0.15, -0.1) is 0 Å². The van der Waals surface area contributed by atoms with Crippen molar-refractivity contribution in [3.05, 3.63) is 35.9 Å². The van der Waals surface area contributed by atoms with Crippen molar-refractivity contribution >= 4 is 29.7 Å². The van der Waals surface area contributed by atoms with Crippen LogP contribution < -0.4 is 16.0 Å². The maximum atomic E-state index is 11.8. The number of rotatable bonds is 5. The molecule has 3 N–H and O–H groups in total. The Morgan fingerprint density at radius 1 is 1.35 bits per heavy atom. The minimum Gasteiger partial charge on any atom is -0.444 e. The standard InChI is InChI=1S/C19H25N3O4/c1-19(2,3)26-18(25)20-11-5-7-13-6-4-8-14(12-13)21-15-9-10-16(23)22-17(15)24/h4-8,12,15,21H,9-11H2,1-3H3,(H,20,25)(H,22,23,24)/b7-5+. The van der Waals surface area contributed by atoms with Crippen molar-refractivity contribution in [3.8, 4) is 0 Å². The SMILES string of the molecule is CC(C)(C)OC(=O)NC/C=C/c1cccc(NC2CCC(=O)NC2=O)c1. The van der Waals surface area contributed by atoms with Crippen LogP contribution in [0.15, 0.2) is 30.3 Å². The Balaban J connectivity index is 1.85. The molecule has 140 valence electrons. The summed E-state index contributed by atoms with van der Waals surface area (Å²) in [7, 11) is 0. The highest BCUT2D eigenvalue weighted by molar-refractivity contribution is 6.01. The highest BCUT2D eigenvalue weighted by atomic mass is 16.6. The molecule has 1 aromatic carbocycles. The molecule has 1 fully saturated rings. The van der Waals surface area contributed by atoms with Gasteiger partial charge in [-0.3, -0.25) is 14.9 Å².